The van der Waals surface area contributed by atoms with E-state index in [-0.39, 0.29) is 18.8 Å². The Hall–Kier alpha value is -0.260. The molecule has 3 unspecified atom stereocenters. The van der Waals surface area contributed by atoms with E-state index < -0.39 is 5.97 Å². The van der Waals surface area contributed by atoms with Gasteiger partial charge in [-0.2, -0.15) is 11.8 Å². The molecule has 0 aromatic heterocycles. The van der Waals surface area contributed by atoms with Gasteiger partial charge < -0.3 is 14.6 Å². The minimum absolute atomic E-state index is 0.0515. The Bertz CT molecular complexity index is 227. The summed E-state index contributed by atoms with van der Waals surface area (Å²) in [6.07, 6.45) is 1.79. The van der Waals surface area contributed by atoms with Gasteiger partial charge in [0.2, 0.25) is 0 Å². The maximum atomic E-state index is 10.5. The smallest absolute Gasteiger partial charge is 0.306 e. The first-order valence-corrected chi connectivity index (χ1v) is 6.46. The Labute approximate surface area is 93.3 Å². The van der Waals surface area contributed by atoms with Crippen LogP contribution in [-0.2, 0) is 14.3 Å². The summed E-state index contributed by atoms with van der Waals surface area (Å²) in [7, 11) is 0. The fourth-order valence-electron chi connectivity index (χ4n) is 1.97. The summed E-state index contributed by atoms with van der Waals surface area (Å²) >= 11 is 1.97. The third-order valence-corrected chi connectivity index (χ3v) is 4.00. The first kappa shape index (κ1) is 11.2. The largest absolute Gasteiger partial charge is 0.481 e. The van der Waals surface area contributed by atoms with Crippen molar-refractivity contribution in [2.24, 2.45) is 5.92 Å². The molecule has 2 rings (SSSR count). The molecule has 4 nitrogen and oxygen atoms in total. The standard InChI is InChI=1S/C10H16O4S/c11-9(12)4-8-5-13-10(14-8)3-7-1-2-15-6-7/h7-8,10H,1-6H2,(H,11,12). The lowest BCUT2D eigenvalue weighted by atomic mass is 10.1. The third-order valence-electron chi connectivity index (χ3n) is 2.76. The summed E-state index contributed by atoms with van der Waals surface area (Å²) in [5.74, 6) is 2.28. The van der Waals surface area contributed by atoms with Crippen LogP contribution >= 0.6 is 11.8 Å². The number of thioether (sulfide) groups is 1. The van der Waals surface area contributed by atoms with Crippen LogP contribution in [0.15, 0.2) is 0 Å². The van der Waals surface area contributed by atoms with Crippen LogP contribution in [0.1, 0.15) is 19.3 Å². The van der Waals surface area contributed by atoms with E-state index in [1.54, 1.807) is 0 Å². The van der Waals surface area contributed by atoms with Gasteiger partial charge in [-0.15, -0.1) is 0 Å². The molecule has 86 valence electrons. The fraction of sp³-hybridized carbons (Fsp3) is 0.900. The minimum Gasteiger partial charge on any atom is -0.481 e. The lowest BCUT2D eigenvalue weighted by Crippen LogP contribution is -2.18. The van der Waals surface area contributed by atoms with Gasteiger partial charge in [-0.25, -0.2) is 0 Å². The lowest BCUT2D eigenvalue weighted by molar-refractivity contribution is -0.140. The Kier molecular flexibility index (Phi) is 3.88. The highest BCUT2D eigenvalue weighted by atomic mass is 32.2. The highest BCUT2D eigenvalue weighted by molar-refractivity contribution is 7.99. The van der Waals surface area contributed by atoms with E-state index in [1.165, 1.54) is 17.9 Å². The van der Waals surface area contributed by atoms with E-state index in [0.717, 1.165) is 6.42 Å². The van der Waals surface area contributed by atoms with Crippen LogP contribution in [0, 0.1) is 5.92 Å². The molecule has 0 amide bonds. The van der Waals surface area contributed by atoms with Crippen molar-refractivity contribution in [1.29, 1.82) is 0 Å². The van der Waals surface area contributed by atoms with Crippen LogP contribution in [0.5, 0.6) is 0 Å². The summed E-state index contributed by atoms with van der Waals surface area (Å²) < 4.78 is 11.0. The zero-order valence-electron chi connectivity index (χ0n) is 8.55. The quantitative estimate of drug-likeness (QED) is 0.792. The molecule has 0 spiro atoms. The average Bonchev–Trinajstić information content (AvgIpc) is 2.77. The van der Waals surface area contributed by atoms with Crippen molar-refractivity contribution in [3.63, 3.8) is 0 Å². The number of carbonyl (C=O) groups is 1. The molecule has 5 heteroatoms. The normalized spacial score (nSPS) is 35.9. The number of carboxylic acids is 1. The van der Waals surface area contributed by atoms with E-state index >= 15 is 0 Å². The summed E-state index contributed by atoms with van der Waals surface area (Å²) in [5, 5.41) is 8.61. The van der Waals surface area contributed by atoms with Crippen LogP contribution < -0.4 is 0 Å². The van der Waals surface area contributed by atoms with Crippen molar-refractivity contribution < 1.29 is 19.4 Å². The van der Waals surface area contributed by atoms with Gasteiger partial charge in [0.05, 0.1) is 19.1 Å². The SMILES string of the molecule is O=C(O)CC1COC(CC2CCSC2)O1. The van der Waals surface area contributed by atoms with Crippen molar-refractivity contribution in [3.05, 3.63) is 0 Å². The molecule has 0 radical (unpaired) electrons. The first-order valence-electron chi connectivity index (χ1n) is 5.30. The van der Waals surface area contributed by atoms with Gasteiger partial charge in [0.15, 0.2) is 6.29 Å². The summed E-state index contributed by atoms with van der Waals surface area (Å²) in [6, 6.07) is 0. The molecule has 0 aromatic carbocycles. The maximum Gasteiger partial charge on any atom is 0.306 e. The second-order valence-corrected chi connectivity index (χ2v) is 5.23. The third kappa shape index (κ3) is 3.36. The highest BCUT2D eigenvalue weighted by Crippen LogP contribution is 2.30. The van der Waals surface area contributed by atoms with Crippen molar-refractivity contribution in [3.8, 4) is 0 Å². The lowest BCUT2D eigenvalue weighted by Gasteiger charge is -2.14. The predicted octanol–water partition coefficient (Wildman–Crippen LogP) is 1.35. The van der Waals surface area contributed by atoms with Crippen molar-refractivity contribution in [2.45, 2.75) is 31.7 Å². The summed E-state index contributed by atoms with van der Waals surface area (Å²) in [6.45, 7) is 0.427. The van der Waals surface area contributed by atoms with Crippen molar-refractivity contribution in [2.75, 3.05) is 18.1 Å². The zero-order valence-corrected chi connectivity index (χ0v) is 9.37. The molecule has 0 aliphatic carbocycles. The second kappa shape index (κ2) is 5.18. The van der Waals surface area contributed by atoms with Crippen molar-refractivity contribution in [1.82, 2.24) is 0 Å². The summed E-state index contributed by atoms with van der Waals surface area (Å²) in [4.78, 5) is 10.5. The fourth-order valence-corrected chi connectivity index (χ4v) is 3.28. The number of aliphatic carboxylic acids is 1. The van der Waals surface area contributed by atoms with Crippen LogP contribution in [0.2, 0.25) is 0 Å². The Morgan fingerprint density at radius 2 is 2.40 bits per heavy atom. The van der Waals surface area contributed by atoms with E-state index in [2.05, 4.69) is 0 Å². The number of hydrogen-bond acceptors (Lipinski definition) is 4. The number of rotatable bonds is 4. The van der Waals surface area contributed by atoms with E-state index in [9.17, 15) is 4.79 Å². The molecule has 2 fully saturated rings. The molecule has 2 aliphatic heterocycles. The molecular weight excluding hydrogens is 216 g/mol. The first-order chi connectivity index (χ1) is 7.24. The van der Waals surface area contributed by atoms with Gasteiger partial charge in [-0.1, -0.05) is 0 Å². The Morgan fingerprint density at radius 3 is 3.07 bits per heavy atom. The molecule has 2 saturated heterocycles. The minimum atomic E-state index is -0.819. The number of carboxylic acid groups (broad SMARTS) is 1. The van der Waals surface area contributed by atoms with Crippen LogP contribution in [0.4, 0.5) is 0 Å². The molecule has 0 aromatic rings. The molecule has 0 bridgehead atoms. The van der Waals surface area contributed by atoms with E-state index in [1.807, 2.05) is 11.8 Å². The average molecular weight is 232 g/mol. The van der Waals surface area contributed by atoms with Gasteiger partial charge in [-0.3, -0.25) is 4.79 Å². The van der Waals surface area contributed by atoms with E-state index in [0.29, 0.717) is 12.5 Å². The molecule has 3 atom stereocenters. The van der Waals surface area contributed by atoms with E-state index in [4.69, 9.17) is 14.6 Å². The topological polar surface area (TPSA) is 55.8 Å². The second-order valence-electron chi connectivity index (χ2n) is 4.08. The predicted molar refractivity (Wildman–Crippen MR) is 56.9 cm³/mol. The molecule has 15 heavy (non-hydrogen) atoms. The van der Waals surface area contributed by atoms with Gasteiger partial charge >= 0.3 is 5.97 Å². The molecule has 2 heterocycles. The molecule has 2 aliphatic rings. The number of ether oxygens (including phenoxy) is 2. The van der Waals surface area contributed by atoms with Crippen LogP contribution in [0.3, 0.4) is 0 Å². The molecule has 0 saturated carbocycles. The number of hydrogen-bond donors (Lipinski definition) is 1. The zero-order chi connectivity index (χ0) is 10.7. The Balaban J connectivity index is 1.70. The van der Waals surface area contributed by atoms with Gasteiger partial charge in [-0.05, 0) is 23.8 Å². The summed E-state index contributed by atoms with van der Waals surface area (Å²) in [5.41, 5.74) is 0. The monoisotopic (exact) mass is 232 g/mol. The highest BCUT2D eigenvalue weighted by Gasteiger charge is 2.30. The van der Waals surface area contributed by atoms with Crippen LogP contribution in [0.25, 0.3) is 0 Å². The maximum absolute atomic E-state index is 10.5. The molecule has 1 N–H and O–H groups in total. The van der Waals surface area contributed by atoms with Gasteiger partial charge in [0.1, 0.15) is 0 Å². The molecular formula is C10H16O4S. The van der Waals surface area contributed by atoms with Crippen LogP contribution in [-0.4, -0.2) is 41.6 Å². The van der Waals surface area contributed by atoms with Crippen molar-refractivity contribution >= 4 is 17.7 Å². The van der Waals surface area contributed by atoms with Gasteiger partial charge in [0.25, 0.3) is 0 Å². The van der Waals surface area contributed by atoms with Gasteiger partial charge in [0, 0.05) is 6.42 Å². The Morgan fingerprint density at radius 1 is 1.53 bits per heavy atom.